The Hall–Kier alpha value is -1.89. The highest BCUT2D eigenvalue weighted by atomic mass is 16.5. The fourth-order valence-electron chi connectivity index (χ4n) is 1.41. The van der Waals surface area contributed by atoms with Crippen molar-refractivity contribution in [2.45, 2.75) is 0 Å². The van der Waals surface area contributed by atoms with Gasteiger partial charge in [-0.05, 0) is 0 Å². The monoisotopic (exact) mass is 228 g/mol. The third kappa shape index (κ3) is 1.76. The summed E-state index contributed by atoms with van der Waals surface area (Å²) in [5.41, 5.74) is -0.501. The minimum atomic E-state index is -0.891. The molecule has 1 heterocycles. The molecule has 0 spiro atoms. The summed E-state index contributed by atoms with van der Waals surface area (Å²) in [6, 6.07) is 0. The Balaban J connectivity index is 3.37. The number of quaternary nitrogens is 1. The van der Waals surface area contributed by atoms with Crippen LogP contribution >= 0.6 is 0 Å². The molecule has 0 saturated carbocycles. The molecule has 88 valence electrons. The van der Waals surface area contributed by atoms with Crippen molar-refractivity contribution in [1.82, 2.24) is 0 Å². The number of hydrogen-bond acceptors (Lipinski definition) is 6. The zero-order valence-corrected chi connectivity index (χ0v) is 9.44. The van der Waals surface area contributed by atoms with E-state index in [1.807, 2.05) is 0 Å². The van der Waals surface area contributed by atoms with Gasteiger partial charge in [0.15, 0.2) is 0 Å². The molecular formula is C9H12N2O5. The van der Waals surface area contributed by atoms with E-state index in [9.17, 15) is 14.7 Å². The molecule has 0 aromatic carbocycles. The van der Waals surface area contributed by atoms with Crippen LogP contribution < -0.4 is 5.11 Å². The molecular weight excluding hydrogens is 216 g/mol. The normalized spacial score (nSPS) is 18.1. The molecule has 0 aromatic rings. The molecule has 0 radical (unpaired) electrons. The van der Waals surface area contributed by atoms with Crippen LogP contribution in [0.3, 0.4) is 0 Å². The van der Waals surface area contributed by atoms with Gasteiger partial charge in [-0.25, -0.2) is 9.59 Å². The molecule has 7 nitrogen and oxygen atoms in total. The fraction of sp³-hybridized carbons (Fsp3) is 0.444. The number of methoxy groups -OCH3 is 2. The molecule has 0 fully saturated rings. The number of hydrogen-bond donors (Lipinski definition) is 0. The maximum Gasteiger partial charge on any atom is 0.396 e. The van der Waals surface area contributed by atoms with Crippen LogP contribution in [0.4, 0.5) is 0 Å². The lowest BCUT2D eigenvalue weighted by molar-refractivity contribution is -0.853. The number of rotatable bonds is 2. The summed E-state index contributed by atoms with van der Waals surface area (Å²) in [4.78, 5) is 22.9. The smallest absolute Gasteiger partial charge is 0.396 e. The average Bonchev–Trinajstić information content (AvgIpc) is 2.45. The van der Waals surface area contributed by atoms with Gasteiger partial charge >= 0.3 is 11.9 Å². The Morgan fingerprint density at radius 1 is 1.19 bits per heavy atom. The molecule has 0 bridgehead atoms. The van der Waals surface area contributed by atoms with Crippen LogP contribution in [0.1, 0.15) is 0 Å². The Morgan fingerprint density at radius 3 is 2.12 bits per heavy atom. The van der Waals surface area contributed by atoms with Crippen LogP contribution in [-0.4, -0.2) is 50.7 Å². The summed E-state index contributed by atoms with van der Waals surface area (Å²) in [5, 5.41) is 15.1. The first kappa shape index (κ1) is 12.2. The first-order valence-corrected chi connectivity index (χ1v) is 4.38. The zero-order chi connectivity index (χ0) is 12.5. The van der Waals surface area contributed by atoms with E-state index in [0.29, 0.717) is 0 Å². The van der Waals surface area contributed by atoms with Crippen molar-refractivity contribution in [3.05, 3.63) is 11.3 Å². The third-order valence-electron chi connectivity index (χ3n) is 2.11. The summed E-state index contributed by atoms with van der Waals surface area (Å²) in [5.74, 6) is -2.45. The van der Waals surface area contributed by atoms with Crippen molar-refractivity contribution < 1.29 is 28.8 Å². The summed E-state index contributed by atoms with van der Waals surface area (Å²) < 4.78 is 8.56. The topological polar surface area (TPSA) is 88.0 Å². The first-order chi connectivity index (χ1) is 7.35. The highest BCUT2D eigenvalue weighted by Crippen LogP contribution is 2.25. The number of likely N-dealkylation sites (N-methyl/N-ethyl adjacent to an activating group) is 1. The van der Waals surface area contributed by atoms with E-state index in [2.05, 4.69) is 14.6 Å². The van der Waals surface area contributed by atoms with E-state index in [0.717, 1.165) is 14.2 Å². The molecule has 0 amide bonds. The van der Waals surface area contributed by atoms with Gasteiger partial charge in [-0.2, -0.15) is 4.59 Å². The highest BCUT2D eigenvalue weighted by Gasteiger charge is 2.42. The van der Waals surface area contributed by atoms with Crippen LogP contribution in [0, 0.1) is 0 Å². The lowest BCUT2D eigenvalue weighted by Crippen LogP contribution is -2.35. The molecule has 0 saturated heterocycles. The summed E-state index contributed by atoms with van der Waals surface area (Å²) in [7, 11) is 5.25. The standard InChI is InChI=1S/C9H12N2O5/c1-11(2)6(9(14)16-4)5(7(12)10-11)8(13)15-3/h1-4H3. The van der Waals surface area contributed by atoms with E-state index in [1.54, 1.807) is 0 Å². The summed E-state index contributed by atoms with van der Waals surface area (Å²) >= 11 is 0. The first-order valence-electron chi connectivity index (χ1n) is 4.38. The summed E-state index contributed by atoms with van der Waals surface area (Å²) in [6.07, 6.45) is 0. The van der Waals surface area contributed by atoms with Crippen molar-refractivity contribution in [2.75, 3.05) is 28.3 Å². The Kier molecular flexibility index (Phi) is 2.99. The van der Waals surface area contributed by atoms with Crippen molar-refractivity contribution in [2.24, 2.45) is 5.10 Å². The molecule has 0 unspecified atom stereocenters. The number of carbonyl (C=O) groups is 2. The molecule has 1 rings (SSSR count). The zero-order valence-electron chi connectivity index (χ0n) is 9.44. The van der Waals surface area contributed by atoms with Gasteiger partial charge in [-0.15, -0.1) is 0 Å². The maximum atomic E-state index is 11.5. The van der Waals surface area contributed by atoms with Gasteiger partial charge in [-0.3, -0.25) is 0 Å². The van der Waals surface area contributed by atoms with Crippen LogP contribution in [0.15, 0.2) is 16.4 Å². The van der Waals surface area contributed by atoms with Crippen molar-refractivity contribution in [3.8, 4) is 0 Å². The van der Waals surface area contributed by atoms with Crippen molar-refractivity contribution in [3.63, 3.8) is 0 Å². The van der Waals surface area contributed by atoms with E-state index in [-0.39, 0.29) is 15.9 Å². The van der Waals surface area contributed by atoms with Crippen LogP contribution in [-0.2, 0) is 19.1 Å². The second-order valence-corrected chi connectivity index (χ2v) is 3.51. The predicted molar refractivity (Wildman–Crippen MR) is 50.6 cm³/mol. The second-order valence-electron chi connectivity index (χ2n) is 3.51. The quantitative estimate of drug-likeness (QED) is 0.417. The number of carbonyl (C=O) groups excluding carboxylic acids is 2. The molecule has 16 heavy (non-hydrogen) atoms. The lowest BCUT2D eigenvalue weighted by Gasteiger charge is -2.19. The fourth-order valence-corrected chi connectivity index (χ4v) is 1.41. The third-order valence-corrected chi connectivity index (χ3v) is 2.11. The minimum Gasteiger partial charge on any atom is -0.854 e. The molecule has 0 aliphatic carbocycles. The average molecular weight is 228 g/mol. The van der Waals surface area contributed by atoms with E-state index in [4.69, 9.17) is 0 Å². The lowest BCUT2D eigenvalue weighted by atomic mass is 10.2. The van der Waals surface area contributed by atoms with Crippen molar-refractivity contribution in [1.29, 1.82) is 0 Å². The summed E-state index contributed by atoms with van der Waals surface area (Å²) in [6.45, 7) is 0. The van der Waals surface area contributed by atoms with E-state index in [1.165, 1.54) is 14.1 Å². The van der Waals surface area contributed by atoms with Gasteiger partial charge in [0.05, 0.1) is 34.2 Å². The second kappa shape index (κ2) is 3.93. The largest absolute Gasteiger partial charge is 0.854 e. The molecule has 1 aliphatic heterocycles. The van der Waals surface area contributed by atoms with Gasteiger partial charge in [-0.1, -0.05) is 5.10 Å². The van der Waals surface area contributed by atoms with Crippen LogP contribution in [0.2, 0.25) is 0 Å². The Labute approximate surface area is 92.1 Å². The maximum absolute atomic E-state index is 11.5. The van der Waals surface area contributed by atoms with Crippen LogP contribution in [0.5, 0.6) is 0 Å². The van der Waals surface area contributed by atoms with Gasteiger partial charge in [0, 0.05) is 0 Å². The molecule has 0 atom stereocenters. The minimum absolute atomic E-state index is 0.126. The van der Waals surface area contributed by atoms with E-state index < -0.39 is 17.8 Å². The highest BCUT2D eigenvalue weighted by molar-refractivity contribution is 6.19. The molecule has 1 aliphatic rings. The number of nitrogens with zero attached hydrogens (tertiary/aromatic N) is 2. The van der Waals surface area contributed by atoms with Gasteiger partial charge in [0.25, 0.3) is 5.70 Å². The molecule has 0 aromatic heterocycles. The van der Waals surface area contributed by atoms with Gasteiger partial charge < -0.3 is 14.6 Å². The molecule has 0 N–H and O–H groups in total. The SMILES string of the molecule is COC(=O)C1=C(C(=O)OC)[N+](C)(C)N=C1[O-]. The Bertz CT molecular complexity index is 408. The Morgan fingerprint density at radius 2 is 1.69 bits per heavy atom. The number of ether oxygens (including phenoxy) is 2. The van der Waals surface area contributed by atoms with Crippen LogP contribution in [0.25, 0.3) is 0 Å². The van der Waals surface area contributed by atoms with Crippen molar-refractivity contribution >= 4 is 17.8 Å². The van der Waals surface area contributed by atoms with Gasteiger partial charge in [0.2, 0.25) is 0 Å². The molecule has 7 heteroatoms. The van der Waals surface area contributed by atoms with Gasteiger partial charge in [0.1, 0.15) is 5.57 Å². The predicted octanol–water partition coefficient (Wildman–Crippen LogP) is -1.65. The van der Waals surface area contributed by atoms with E-state index >= 15 is 0 Å². The number of esters is 2.